The summed E-state index contributed by atoms with van der Waals surface area (Å²) in [5.41, 5.74) is 2.10. The molecule has 126 valence electrons. The van der Waals surface area contributed by atoms with Crippen molar-refractivity contribution in [1.82, 2.24) is 5.32 Å². The summed E-state index contributed by atoms with van der Waals surface area (Å²) >= 11 is 1.62. The topological polar surface area (TPSA) is 67.4 Å². The summed E-state index contributed by atoms with van der Waals surface area (Å²) in [5.74, 6) is 0.309. The molecule has 2 N–H and O–H groups in total. The van der Waals surface area contributed by atoms with Crippen LogP contribution in [0.2, 0.25) is 0 Å². The Morgan fingerprint density at radius 2 is 2.12 bits per heavy atom. The first kappa shape index (κ1) is 16.5. The van der Waals surface area contributed by atoms with Gasteiger partial charge < -0.3 is 15.4 Å². The first-order valence-corrected chi connectivity index (χ1v) is 8.90. The molecule has 1 aromatic carbocycles. The zero-order chi connectivity index (χ0) is 16.9. The van der Waals surface area contributed by atoms with Crippen molar-refractivity contribution < 1.29 is 14.3 Å². The van der Waals surface area contributed by atoms with Crippen LogP contribution < -0.4 is 15.4 Å². The van der Waals surface area contributed by atoms with Gasteiger partial charge in [0.25, 0.3) is 5.91 Å². The molecule has 1 fully saturated rings. The molecular formula is C18H20N2O3S. The van der Waals surface area contributed by atoms with E-state index >= 15 is 0 Å². The normalized spacial score (nSPS) is 13.4. The number of carbonyl (C=O) groups excluding carboxylic acids is 2. The van der Waals surface area contributed by atoms with Crippen LogP contribution in [0.25, 0.3) is 0 Å². The minimum absolute atomic E-state index is 0.105. The third kappa shape index (κ3) is 4.35. The molecule has 24 heavy (non-hydrogen) atoms. The van der Waals surface area contributed by atoms with Crippen LogP contribution in [-0.2, 0) is 11.2 Å². The Morgan fingerprint density at radius 3 is 2.79 bits per heavy atom. The molecule has 2 aromatic rings. The number of thiophene rings is 1. The highest BCUT2D eigenvalue weighted by molar-refractivity contribution is 7.07. The number of hydrogen-bond acceptors (Lipinski definition) is 4. The van der Waals surface area contributed by atoms with Crippen LogP contribution in [0.1, 0.15) is 35.2 Å². The summed E-state index contributed by atoms with van der Waals surface area (Å²) in [6.45, 7) is 0. The second-order valence-electron chi connectivity index (χ2n) is 5.84. The zero-order valence-electron chi connectivity index (χ0n) is 13.5. The standard InChI is InChI=1S/C18H20N2O3S/c1-23-14-5-6-16(15(10-14)18(22)19-13-3-4-13)20-17(21)7-2-12-8-9-24-11-12/h5-6,8-11,13H,2-4,7H2,1H3,(H,19,22)(H,20,21). The Hall–Kier alpha value is -2.34. The van der Waals surface area contributed by atoms with Gasteiger partial charge in [-0.2, -0.15) is 11.3 Å². The van der Waals surface area contributed by atoms with E-state index < -0.39 is 0 Å². The fourth-order valence-electron chi connectivity index (χ4n) is 2.34. The van der Waals surface area contributed by atoms with E-state index in [9.17, 15) is 9.59 Å². The lowest BCUT2D eigenvalue weighted by atomic mass is 10.1. The lowest BCUT2D eigenvalue weighted by Gasteiger charge is -2.13. The molecule has 0 saturated heterocycles. The molecule has 0 atom stereocenters. The highest BCUT2D eigenvalue weighted by atomic mass is 32.1. The van der Waals surface area contributed by atoms with Gasteiger partial charge in [-0.25, -0.2) is 0 Å². The maximum Gasteiger partial charge on any atom is 0.253 e. The van der Waals surface area contributed by atoms with E-state index in [4.69, 9.17) is 4.74 Å². The number of aryl methyl sites for hydroxylation is 1. The number of amides is 2. The third-order valence-electron chi connectivity index (χ3n) is 3.88. The minimum atomic E-state index is -0.176. The van der Waals surface area contributed by atoms with Gasteiger partial charge in [0.05, 0.1) is 18.4 Å². The van der Waals surface area contributed by atoms with E-state index in [-0.39, 0.29) is 17.9 Å². The predicted octanol–water partition coefficient (Wildman–Crippen LogP) is 3.22. The average molecular weight is 344 g/mol. The van der Waals surface area contributed by atoms with Crippen molar-refractivity contribution >= 4 is 28.8 Å². The van der Waals surface area contributed by atoms with Crippen molar-refractivity contribution in [3.05, 3.63) is 46.2 Å². The predicted molar refractivity (Wildman–Crippen MR) is 94.8 cm³/mol. The van der Waals surface area contributed by atoms with Crippen molar-refractivity contribution in [2.24, 2.45) is 0 Å². The van der Waals surface area contributed by atoms with Crippen LogP contribution in [0.3, 0.4) is 0 Å². The second kappa shape index (κ2) is 7.49. The van der Waals surface area contributed by atoms with Crippen molar-refractivity contribution in [1.29, 1.82) is 0 Å². The van der Waals surface area contributed by atoms with Crippen LogP contribution in [-0.4, -0.2) is 25.0 Å². The van der Waals surface area contributed by atoms with Gasteiger partial charge in [-0.15, -0.1) is 0 Å². The van der Waals surface area contributed by atoms with Gasteiger partial charge in [0.2, 0.25) is 5.91 Å². The van der Waals surface area contributed by atoms with Gasteiger partial charge in [0.1, 0.15) is 5.75 Å². The molecule has 1 aliphatic carbocycles. The number of carbonyl (C=O) groups is 2. The Labute approximate surface area is 145 Å². The quantitative estimate of drug-likeness (QED) is 0.810. The first-order chi connectivity index (χ1) is 11.7. The molecule has 2 amide bonds. The highest BCUT2D eigenvalue weighted by Crippen LogP contribution is 2.25. The minimum Gasteiger partial charge on any atom is -0.497 e. The molecule has 1 saturated carbocycles. The molecule has 1 heterocycles. The number of nitrogens with one attached hydrogen (secondary N) is 2. The van der Waals surface area contributed by atoms with E-state index in [1.165, 1.54) is 0 Å². The van der Waals surface area contributed by atoms with Crippen LogP contribution in [0, 0.1) is 0 Å². The van der Waals surface area contributed by atoms with Gasteiger partial charge in [-0.1, -0.05) is 0 Å². The van der Waals surface area contributed by atoms with Crippen LogP contribution in [0.15, 0.2) is 35.0 Å². The maximum absolute atomic E-state index is 12.4. The summed E-state index contributed by atoms with van der Waals surface area (Å²) < 4.78 is 5.19. The SMILES string of the molecule is COc1ccc(NC(=O)CCc2ccsc2)c(C(=O)NC2CC2)c1. The van der Waals surface area contributed by atoms with E-state index in [1.807, 2.05) is 16.8 Å². The largest absolute Gasteiger partial charge is 0.497 e. The summed E-state index contributed by atoms with van der Waals surface area (Å²) in [4.78, 5) is 24.6. The molecule has 0 unspecified atom stereocenters. The number of hydrogen-bond donors (Lipinski definition) is 2. The fraction of sp³-hybridized carbons (Fsp3) is 0.333. The second-order valence-corrected chi connectivity index (χ2v) is 6.62. The van der Waals surface area contributed by atoms with Crippen molar-refractivity contribution in [2.75, 3.05) is 12.4 Å². The average Bonchev–Trinajstić information content (AvgIpc) is 3.24. The molecule has 0 aliphatic heterocycles. The number of anilines is 1. The summed E-state index contributed by atoms with van der Waals surface area (Å²) in [6.07, 6.45) is 3.09. The molecule has 1 aliphatic rings. The summed E-state index contributed by atoms with van der Waals surface area (Å²) in [6, 6.07) is 7.38. The number of rotatable bonds is 7. The smallest absolute Gasteiger partial charge is 0.253 e. The fourth-order valence-corrected chi connectivity index (χ4v) is 3.05. The van der Waals surface area contributed by atoms with Gasteiger partial charge in [0.15, 0.2) is 0 Å². The molecular weight excluding hydrogens is 324 g/mol. The Balaban J connectivity index is 1.68. The van der Waals surface area contributed by atoms with E-state index in [2.05, 4.69) is 10.6 Å². The van der Waals surface area contributed by atoms with Gasteiger partial charge in [0, 0.05) is 12.5 Å². The molecule has 0 spiro atoms. The van der Waals surface area contributed by atoms with E-state index in [0.717, 1.165) is 18.4 Å². The molecule has 0 radical (unpaired) electrons. The van der Waals surface area contributed by atoms with E-state index in [1.54, 1.807) is 36.6 Å². The molecule has 1 aromatic heterocycles. The molecule has 0 bridgehead atoms. The van der Waals surface area contributed by atoms with Gasteiger partial charge in [-0.05, 0) is 59.9 Å². The van der Waals surface area contributed by atoms with Gasteiger partial charge >= 0.3 is 0 Å². The Kier molecular flexibility index (Phi) is 5.15. The Bertz CT molecular complexity index is 724. The third-order valence-corrected chi connectivity index (χ3v) is 4.61. The number of ether oxygens (including phenoxy) is 1. The lowest BCUT2D eigenvalue weighted by Crippen LogP contribution is -2.27. The van der Waals surface area contributed by atoms with Gasteiger partial charge in [-0.3, -0.25) is 9.59 Å². The van der Waals surface area contributed by atoms with E-state index in [0.29, 0.717) is 29.8 Å². The van der Waals surface area contributed by atoms with Crippen molar-refractivity contribution in [2.45, 2.75) is 31.7 Å². The number of methoxy groups -OCH3 is 1. The van der Waals surface area contributed by atoms with Crippen LogP contribution in [0.4, 0.5) is 5.69 Å². The molecule has 6 heteroatoms. The lowest BCUT2D eigenvalue weighted by molar-refractivity contribution is -0.116. The highest BCUT2D eigenvalue weighted by Gasteiger charge is 2.25. The molecule has 3 rings (SSSR count). The summed E-state index contributed by atoms with van der Waals surface area (Å²) in [7, 11) is 1.55. The maximum atomic E-state index is 12.4. The molecule has 5 nitrogen and oxygen atoms in total. The Morgan fingerprint density at radius 1 is 1.29 bits per heavy atom. The number of benzene rings is 1. The first-order valence-electron chi connectivity index (χ1n) is 7.95. The van der Waals surface area contributed by atoms with Crippen LogP contribution >= 0.6 is 11.3 Å². The summed E-state index contributed by atoms with van der Waals surface area (Å²) in [5, 5.41) is 9.83. The van der Waals surface area contributed by atoms with Crippen molar-refractivity contribution in [3.8, 4) is 5.75 Å². The zero-order valence-corrected chi connectivity index (χ0v) is 14.3. The van der Waals surface area contributed by atoms with Crippen molar-refractivity contribution in [3.63, 3.8) is 0 Å². The van der Waals surface area contributed by atoms with Crippen LogP contribution in [0.5, 0.6) is 5.75 Å². The monoisotopic (exact) mass is 344 g/mol.